The van der Waals surface area contributed by atoms with Crippen molar-refractivity contribution < 1.29 is 14.3 Å². The van der Waals surface area contributed by atoms with Crippen molar-refractivity contribution in [3.63, 3.8) is 0 Å². The van der Waals surface area contributed by atoms with Crippen molar-refractivity contribution >= 4 is 35.0 Å². The number of amides is 2. The molecule has 2 saturated heterocycles. The molecule has 0 radical (unpaired) electrons. The molecule has 2 aliphatic rings. The summed E-state index contributed by atoms with van der Waals surface area (Å²) in [5.41, 5.74) is 1.65. The number of benzene rings is 1. The lowest BCUT2D eigenvalue weighted by Crippen LogP contribution is -2.31. The number of carbonyl (C=O) groups is 2. The molecule has 6 nitrogen and oxygen atoms in total. The normalized spacial score (nSPS) is 21.8. The Kier molecular flexibility index (Phi) is 3.50. The van der Waals surface area contributed by atoms with Gasteiger partial charge < -0.3 is 15.0 Å². The van der Waals surface area contributed by atoms with E-state index in [0.717, 1.165) is 5.56 Å². The summed E-state index contributed by atoms with van der Waals surface area (Å²) in [4.78, 5) is 26.7. The third kappa shape index (κ3) is 2.56. The second-order valence-electron chi connectivity index (χ2n) is 5.05. The highest BCUT2D eigenvalue weighted by molar-refractivity contribution is 7.80. The SMILES string of the molecule is C[C@@H]1NC(=S)N(c2cccc(CN3CCOC3=O)c2)C1=O. The Bertz CT molecular complexity index is 619. The standard InChI is InChI=1S/C14H15N3O3S/c1-9-12(18)17(13(21)15-9)11-4-2-3-10(7-11)8-16-5-6-20-14(16)19/h2-4,7,9H,5-6,8H2,1H3,(H,15,21)/t9-/m0/s1. The third-order valence-electron chi connectivity index (χ3n) is 3.52. The van der Waals surface area contributed by atoms with Crippen molar-refractivity contribution in [2.24, 2.45) is 0 Å². The van der Waals surface area contributed by atoms with Crippen LogP contribution in [-0.4, -0.2) is 41.2 Å². The Morgan fingerprint density at radius 2 is 2.24 bits per heavy atom. The van der Waals surface area contributed by atoms with Gasteiger partial charge in [-0.1, -0.05) is 12.1 Å². The van der Waals surface area contributed by atoms with Crippen LogP contribution in [0.15, 0.2) is 24.3 Å². The number of carbonyl (C=O) groups excluding carboxylic acids is 2. The van der Waals surface area contributed by atoms with Gasteiger partial charge in [0.25, 0.3) is 5.91 Å². The number of anilines is 1. The van der Waals surface area contributed by atoms with E-state index in [1.807, 2.05) is 24.3 Å². The molecule has 3 rings (SSSR count). The van der Waals surface area contributed by atoms with Gasteiger partial charge in [0.15, 0.2) is 5.11 Å². The van der Waals surface area contributed by atoms with Crippen molar-refractivity contribution in [3.05, 3.63) is 29.8 Å². The largest absolute Gasteiger partial charge is 0.448 e. The Labute approximate surface area is 127 Å². The predicted octanol–water partition coefficient (Wildman–Crippen LogP) is 1.25. The minimum Gasteiger partial charge on any atom is -0.448 e. The molecule has 0 spiro atoms. The van der Waals surface area contributed by atoms with Gasteiger partial charge in [0.2, 0.25) is 0 Å². The summed E-state index contributed by atoms with van der Waals surface area (Å²) in [5, 5.41) is 3.35. The molecule has 110 valence electrons. The molecule has 1 atom stereocenters. The molecule has 0 aromatic heterocycles. The zero-order valence-electron chi connectivity index (χ0n) is 11.5. The van der Waals surface area contributed by atoms with Crippen LogP contribution >= 0.6 is 12.2 Å². The second-order valence-corrected chi connectivity index (χ2v) is 5.44. The second kappa shape index (κ2) is 5.33. The van der Waals surface area contributed by atoms with Gasteiger partial charge in [-0.25, -0.2) is 4.79 Å². The number of hydrogen-bond donors (Lipinski definition) is 1. The van der Waals surface area contributed by atoms with E-state index in [1.54, 1.807) is 11.8 Å². The molecule has 1 N–H and O–H groups in total. The van der Waals surface area contributed by atoms with E-state index >= 15 is 0 Å². The first kappa shape index (κ1) is 13.8. The highest BCUT2D eigenvalue weighted by atomic mass is 32.1. The van der Waals surface area contributed by atoms with Gasteiger partial charge in [0.05, 0.1) is 12.2 Å². The minimum atomic E-state index is -0.310. The lowest BCUT2D eigenvalue weighted by Gasteiger charge is -2.17. The summed E-state index contributed by atoms with van der Waals surface area (Å²) in [6.07, 6.45) is -0.302. The summed E-state index contributed by atoms with van der Waals surface area (Å²) < 4.78 is 4.91. The average Bonchev–Trinajstić information content (AvgIpc) is 2.95. The first-order valence-electron chi connectivity index (χ1n) is 6.71. The lowest BCUT2D eigenvalue weighted by atomic mass is 10.1. The molecule has 0 unspecified atom stereocenters. The number of hydrogen-bond acceptors (Lipinski definition) is 4. The van der Waals surface area contributed by atoms with E-state index in [1.165, 1.54) is 4.90 Å². The number of rotatable bonds is 3. The van der Waals surface area contributed by atoms with Gasteiger partial charge in [-0.3, -0.25) is 9.69 Å². The van der Waals surface area contributed by atoms with Crippen LogP contribution in [0.5, 0.6) is 0 Å². The van der Waals surface area contributed by atoms with Crippen LogP contribution in [0.2, 0.25) is 0 Å². The summed E-state index contributed by atoms with van der Waals surface area (Å²) in [6.45, 7) is 3.25. The molecule has 0 bridgehead atoms. The maximum atomic E-state index is 12.1. The van der Waals surface area contributed by atoms with Gasteiger partial charge in [-0.2, -0.15) is 0 Å². The molecule has 2 amide bonds. The maximum Gasteiger partial charge on any atom is 0.410 e. The number of nitrogens with one attached hydrogen (secondary N) is 1. The number of nitrogens with zero attached hydrogens (tertiary/aromatic N) is 2. The predicted molar refractivity (Wildman–Crippen MR) is 80.9 cm³/mol. The molecule has 21 heavy (non-hydrogen) atoms. The highest BCUT2D eigenvalue weighted by Crippen LogP contribution is 2.22. The molecule has 7 heteroatoms. The quantitative estimate of drug-likeness (QED) is 0.852. The van der Waals surface area contributed by atoms with E-state index in [4.69, 9.17) is 17.0 Å². The zero-order chi connectivity index (χ0) is 15.0. The van der Waals surface area contributed by atoms with Crippen LogP contribution in [-0.2, 0) is 16.1 Å². The molecule has 1 aromatic rings. The van der Waals surface area contributed by atoms with Gasteiger partial charge in [0, 0.05) is 6.54 Å². The van der Waals surface area contributed by atoms with Crippen LogP contribution in [0.4, 0.5) is 10.5 Å². The van der Waals surface area contributed by atoms with Crippen LogP contribution in [0.3, 0.4) is 0 Å². The first-order chi connectivity index (χ1) is 10.1. The van der Waals surface area contributed by atoms with Crippen molar-refractivity contribution in [1.29, 1.82) is 0 Å². The van der Waals surface area contributed by atoms with E-state index < -0.39 is 0 Å². The Morgan fingerprint density at radius 1 is 1.43 bits per heavy atom. The highest BCUT2D eigenvalue weighted by Gasteiger charge is 2.33. The number of ether oxygens (including phenoxy) is 1. The van der Waals surface area contributed by atoms with Crippen molar-refractivity contribution in [2.45, 2.75) is 19.5 Å². The fourth-order valence-corrected chi connectivity index (χ4v) is 2.81. The Hall–Kier alpha value is -2.15. The molecular weight excluding hydrogens is 290 g/mol. The topological polar surface area (TPSA) is 61.9 Å². The smallest absolute Gasteiger partial charge is 0.410 e. The minimum absolute atomic E-state index is 0.0715. The van der Waals surface area contributed by atoms with Crippen molar-refractivity contribution in [1.82, 2.24) is 10.2 Å². The maximum absolute atomic E-state index is 12.1. The van der Waals surface area contributed by atoms with Gasteiger partial charge >= 0.3 is 6.09 Å². The van der Waals surface area contributed by atoms with E-state index in [0.29, 0.717) is 30.5 Å². The first-order valence-corrected chi connectivity index (χ1v) is 7.12. The number of thiocarbonyl (C=S) groups is 1. The molecule has 2 fully saturated rings. The van der Waals surface area contributed by atoms with Crippen LogP contribution in [0.1, 0.15) is 12.5 Å². The van der Waals surface area contributed by atoms with Gasteiger partial charge in [0.1, 0.15) is 12.6 Å². The van der Waals surface area contributed by atoms with E-state index in [-0.39, 0.29) is 18.0 Å². The molecule has 1 aromatic carbocycles. The average molecular weight is 305 g/mol. The molecule has 2 aliphatic heterocycles. The fraction of sp³-hybridized carbons (Fsp3) is 0.357. The fourth-order valence-electron chi connectivity index (χ4n) is 2.43. The summed E-state index contributed by atoms with van der Waals surface area (Å²) >= 11 is 5.19. The summed E-state index contributed by atoms with van der Waals surface area (Å²) in [7, 11) is 0. The number of cyclic esters (lactones) is 1. The Balaban J connectivity index is 1.81. The van der Waals surface area contributed by atoms with E-state index in [2.05, 4.69) is 5.32 Å². The van der Waals surface area contributed by atoms with Crippen LogP contribution in [0, 0.1) is 0 Å². The van der Waals surface area contributed by atoms with Crippen molar-refractivity contribution in [2.75, 3.05) is 18.1 Å². The van der Waals surface area contributed by atoms with Crippen LogP contribution in [0.25, 0.3) is 0 Å². The van der Waals surface area contributed by atoms with Crippen molar-refractivity contribution in [3.8, 4) is 0 Å². The van der Waals surface area contributed by atoms with E-state index in [9.17, 15) is 9.59 Å². The Morgan fingerprint density at radius 3 is 2.86 bits per heavy atom. The molecule has 0 saturated carbocycles. The monoisotopic (exact) mass is 305 g/mol. The zero-order valence-corrected chi connectivity index (χ0v) is 12.4. The van der Waals surface area contributed by atoms with Crippen LogP contribution < -0.4 is 10.2 Å². The summed E-state index contributed by atoms with van der Waals surface area (Å²) in [6, 6.07) is 7.15. The molecule has 0 aliphatic carbocycles. The van der Waals surface area contributed by atoms with Gasteiger partial charge in [-0.05, 0) is 36.8 Å². The third-order valence-corrected chi connectivity index (χ3v) is 3.82. The van der Waals surface area contributed by atoms with Gasteiger partial charge in [-0.15, -0.1) is 0 Å². The summed E-state index contributed by atoms with van der Waals surface area (Å²) in [5.74, 6) is -0.0715. The molecular formula is C14H15N3O3S. The lowest BCUT2D eigenvalue weighted by molar-refractivity contribution is -0.117. The molecule has 2 heterocycles.